The predicted molar refractivity (Wildman–Crippen MR) is 121 cm³/mol. The molecular formula is C24H22F2N4O4. The number of fused-ring (bicyclic) bond motifs is 1. The number of nitrogens with one attached hydrogen (secondary N) is 1. The SMILES string of the molecule is CC[C@H](Cn1nc(-c2ccc(F)c(F)c2)ccc1=O)NC(=O)CCn1c(=O)oc2ccccc21. The number of carbonyl (C=O) groups is 1. The van der Waals surface area contributed by atoms with Gasteiger partial charge in [-0.2, -0.15) is 5.10 Å². The molecule has 0 radical (unpaired) electrons. The number of nitrogens with zero attached hydrogens (tertiary/aromatic N) is 3. The lowest BCUT2D eigenvalue weighted by molar-refractivity contribution is -0.122. The molecule has 0 aliphatic heterocycles. The third-order valence-corrected chi connectivity index (χ3v) is 5.47. The van der Waals surface area contributed by atoms with Crippen molar-refractivity contribution < 1.29 is 18.0 Å². The number of hydrogen-bond donors (Lipinski definition) is 1. The van der Waals surface area contributed by atoms with Crippen LogP contribution in [0.25, 0.3) is 22.4 Å². The van der Waals surface area contributed by atoms with Gasteiger partial charge in [-0.15, -0.1) is 0 Å². The topological polar surface area (TPSA) is 99.1 Å². The van der Waals surface area contributed by atoms with Crippen LogP contribution in [0.4, 0.5) is 8.78 Å². The third kappa shape index (κ3) is 4.95. The number of oxazole rings is 1. The molecular weight excluding hydrogens is 446 g/mol. The minimum Gasteiger partial charge on any atom is -0.408 e. The highest BCUT2D eigenvalue weighted by atomic mass is 19.2. The summed E-state index contributed by atoms with van der Waals surface area (Å²) in [5.74, 6) is -2.82. The van der Waals surface area contributed by atoms with Crippen molar-refractivity contribution in [1.82, 2.24) is 19.7 Å². The summed E-state index contributed by atoms with van der Waals surface area (Å²) in [6, 6.07) is 12.6. The standard InChI is InChI=1S/C24H22F2N4O4/c1-2-16(27-22(31)11-12-29-20-5-3-4-6-21(20)34-24(29)33)14-30-23(32)10-9-19(28-30)15-7-8-17(25)18(26)13-15/h3-10,13,16H,2,11-12,14H2,1H3,(H,27,31)/t16-/m1/s1. The van der Waals surface area contributed by atoms with Gasteiger partial charge in [0.05, 0.1) is 17.8 Å². The number of para-hydroxylation sites is 2. The van der Waals surface area contributed by atoms with E-state index in [0.29, 0.717) is 28.8 Å². The lowest BCUT2D eigenvalue weighted by atomic mass is 10.1. The molecule has 4 aromatic rings. The van der Waals surface area contributed by atoms with E-state index >= 15 is 0 Å². The Morgan fingerprint density at radius 3 is 2.65 bits per heavy atom. The highest BCUT2D eigenvalue weighted by Crippen LogP contribution is 2.18. The first-order valence-corrected chi connectivity index (χ1v) is 10.8. The Morgan fingerprint density at radius 1 is 1.09 bits per heavy atom. The number of aryl methyl sites for hydroxylation is 1. The molecule has 8 nitrogen and oxygen atoms in total. The van der Waals surface area contributed by atoms with Crippen molar-refractivity contribution in [2.45, 2.75) is 38.9 Å². The van der Waals surface area contributed by atoms with Gasteiger partial charge in [0.15, 0.2) is 17.2 Å². The number of hydrogen-bond acceptors (Lipinski definition) is 5. The van der Waals surface area contributed by atoms with E-state index in [0.717, 1.165) is 12.1 Å². The molecule has 0 fully saturated rings. The normalized spacial score (nSPS) is 12.1. The molecule has 0 saturated heterocycles. The van der Waals surface area contributed by atoms with Crippen molar-refractivity contribution in [2.75, 3.05) is 0 Å². The second-order valence-corrected chi connectivity index (χ2v) is 7.78. The van der Waals surface area contributed by atoms with E-state index in [9.17, 15) is 23.2 Å². The summed E-state index contributed by atoms with van der Waals surface area (Å²) in [6.45, 7) is 2.08. The first-order valence-electron chi connectivity index (χ1n) is 10.8. The molecule has 0 aliphatic rings. The Morgan fingerprint density at radius 2 is 1.88 bits per heavy atom. The number of halogens is 2. The molecule has 1 atom stereocenters. The largest absolute Gasteiger partial charge is 0.419 e. The Bertz CT molecular complexity index is 1460. The molecule has 0 unspecified atom stereocenters. The maximum atomic E-state index is 13.6. The zero-order chi connectivity index (χ0) is 24.2. The number of benzene rings is 2. The van der Waals surface area contributed by atoms with Crippen LogP contribution in [0.5, 0.6) is 0 Å². The zero-order valence-corrected chi connectivity index (χ0v) is 18.3. The minimum atomic E-state index is -1.01. The molecule has 2 heterocycles. The molecule has 34 heavy (non-hydrogen) atoms. The summed E-state index contributed by atoms with van der Waals surface area (Å²) in [5, 5.41) is 7.10. The molecule has 10 heteroatoms. The molecule has 1 amide bonds. The van der Waals surface area contributed by atoms with Crippen LogP contribution in [0, 0.1) is 11.6 Å². The number of aromatic nitrogens is 3. The van der Waals surface area contributed by atoms with Crippen LogP contribution in [0.2, 0.25) is 0 Å². The molecule has 2 aromatic heterocycles. The van der Waals surface area contributed by atoms with Gasteiger partial charge in [-0.05, 0) is 42.8 Å². The highest BCUT2D eigenvalue weighted by molar-refractivity contribution is 5.77. The van der Waals surface area contributed by atoms with Crippen molar-refractivity contribution in [3.8, 4) is 11.3 Å². The third-order valence-electron chi connectivity index (χ3n) is 5.47. The van der Waals surface area contributed by atoms with Crippen molar-refractivity contribution in [2.24, 2.45) is 0 Å². The number of amides is 1. The van der Waals surface area contributed by atoms with Crippen LogP contribution in [0.3, 0.4) is 0 Å². The van der Waals surface area contributed by atoms with Crippen LogP contribution in [0.15, 0.2) is 68.6 Å². The average Bonchev–Trinajstić information content (AvgIpc) is 3.15. The Balaban J connectivity index is 1.44. The summed E-state index contributed by atoms with van der Waals surface area (Å²) in [6.07, 6.45) is 0.557. The lowest BCUT2D eigenvalue weighted by Crippen LogP contribution is -2.40. The van der Waals surface area contributed by atoms with E-state index in [4.69, 9.17) is 4.42 Å². The first-order chi connectivity index (χ1) is 16.4. The monoisotopic (exact) mass is 468 g/mol. The zero-order valence-electron chi connectivity index (χ0n) is 18.3. The van der Waals surface area contributed by atoms with Gasteiger partial charge in [0.1, 0.15) is 0 Å². The number of rotatable bonds is 8. The molecule has 0 spiro atoms. The van der Waals surface area contributed by atoms with Gasteiger partial charge in [0.25, 0.3) is 5.56 Å². The fraction of sp³-hybridized carbons (Fsp3) is 0.250. The smallest absolute Gasteiger partial charge is 0.408 e. The van der Waals surface area contributed by atoms with E-state index in [-0.39, 0.29) is 25.4 Å². The van der Waals surface area contributed by atoms with E-state index in [2.05, 4.69) is 10.4 Å². The van der Waals surface area contributed by atoms with Crippen LogP contribution < -0.4 is 16.6 Å². The van der Waals surface area contributed by atoms with Gasteiger partial charge in [-0.3, -0.25) is 14.2 Å². The van der Waals surface area contributed by atoms with E-state index in [1.54, 1.807) is 24.3 Å². The second-order valence-electron chi connectivity index (χ2n) is 7.78. The van der Waals surface area contributed by atoms with Crippen molar-refractivity contribution >= 4 is 17.0 Å². The highest BCUT2D eigenvalue weighted by Gasteiger charge is 2.16. The van der Waals surface area contributed by atoms with Gasteiger partial charge in [0, 0.05) is 30.6 Å². The van der Waals surface area contributed by atoms with E-state index < -0.39 is 29.0 Å². The van der Waals surface area contributed by atoms with Gasteiger partial charge >= 0.3 is 5.76 Å². The molecule has 0 saturated carbocycles. The Labute approximate surface area is 192 Å². The lowest BCUT2D eigenvalue weighted by Gasteiger charge is -2.18. The van der Waals surface area contributed by atoms with Crippen LogP contribution in [0.1, 0.15) is 19.8 Å². The average molecular weight is 468 g/mol. The van der Waals surface area contributed by atoms with Crippen molar-refractivity contribution in [3.63, 3.8) is 0 Å². The number of carbonyl (C=O) groups excluding carboxylic acids is 1. The first kappa shape index (κ1) is 23.1. The molecule has 0 bridgehead atoms. The molecule has 0 aliphatic carbocycles. The molecule has 4 rings (SSSR count). The van der Waals surface area contributed by atoms with Crippen LogP contribution in [-0.2, 0) is 17.9 Å². The van der Waals surface area contributed by atoms with E-state index in [1.807, 2.05) is 6.92 Å². The van der Waals surface area contributed by atoms with Gasteiger partial charge in [-0.25, -0.2) is 18.3 Å². The fourth-order valence-electron chi connectivity index (χ4n) is 3.61. The maximum absolute atomic E-state index is 13.6. The summed E-state index contributed by atoms with van der Waals surface area (Å²) < 4.78 is 34.6. The Kier molecular flexibility index (Phi) is 6.67. The van der Waals surface area contributed by atoms with Crippen LogP contribution >= 0.6 is 0 Å². The Hall–Kier alpha value is -4.08. The van der Waals surface area contributed by atoms with Gasteiger partial charge in [0.2, 0.25) is 5.91 Å². The predicted octanol–water partition coefficient (Wildman–Crippen LogP) is 3.08. The fourth-order valence-corrected chi connectivity index (χ4v) is 3.61. The summed E-state index contributed by atoms with van der Waals surface area (Å²) in [4.78, 5) is 36.9. The van der Waals surface area contributed by atoms with Gasteiger partial charge < -0.3 is 9.73 Å². The molecule has 1 N–H and O–H groups in total. The van der Waals surface area contributed by atoms with E-state index in [1.165, 1.54) is 27.4 Å². The summed E-state index contributed by atoms with van der Waals surface area (Å²) >= 11 is 0. The van der Waals surface area contributed by atoms with Gasteiger partial charge in [-0.1, -0.05) is 19.1 Å². The molecule has 176 valence electrons. The molecule has 2 aromatic carbocycles. The minimum absolute atomic E-state index is 0.0388. The van der Waals surface area contributed by atoms with Crippen molar-refractivity contribution in [3.05, 3.63) is 87.1 Å². The summed E-state index contributed by atoms with van der Waals surface area (Å²) in [7, 11) is 0. The maximum Gasteiger partial charge on any atom is 0.419 e. The quantitative estimate of drug-likeness (QED) is 0.429. The van der Waals surface area contributed by atoms with Crippen molar-refractivity contribution in [1.29, 1.82) is 0 Å². The second kappa shape index (κ2) is 9.82. The summed E-state index contributed by atoms with van der Waals surface area (Å²) in [5.41, 5.74) is 1.28. The van der Waals surface area contributed by atoms with Crippen LogP contribution in [-0.4, -0.2) is 26.3 Å².